The lowest BCUT2D eigenvalue weighted by Gasteiger charge is -2.60. The van der Waals surface area contributed by atoms with Crippen LogP contribution < -0.4 is 5.32 Å². The van der Waals surface area contributed by atoms with Gasteiger partial charge in [-0.2, -0.15) is 0 Å². The summed E-state index contributed by atoms with van der Waals surface area (Å²) in [5.41, 5.74) is 0.503. The number of rotatable bonds is 8. The smallest absolute Gasteiger partial charge is 0.260 e. The first-order chi connectivity index (χ1) is 19.0. The van der Waals surface area contributed by atoms with Gasteiger partial charge in [-0.25, -0.2) is 0 Å². The van der Waals surface area contributed by atoms with E-state index >= 15 is 0 Å². The lowest BCUT2D eigenvalue weighted by atomic mass is 9.45. The highest BCUT2D eigenvalue weighted by Gasteiger charge is 2.68. The number of benzene rings is 1. The quantitative estimate of drug-likeness (QED) is 0.310. The van der Waals surface area contributed by atoms with Gasteiger partial charge in [0, 0.05) is 12.0 Å². The molecule has 4 aliphatic rings. The minimum absolute atomic E-state index is 0.0268. The van der Waals surface area contributed by atoms with Crippen LogP contribution in [0.1, 0.15) is 64.4 Å². The van der Waals surface area contributed by atoms with Crippen LogP contribution in [0.5, 0.6) is 5.75 Å². The minimum atomic E-state index is -1.59. The van der Waals surface area contributed by atoms with Crippen molar-refractivity contribution in [2.24, 2.45) is 33.7 Å². The first-order valence-corrected chi connectivity index (χ1v) is 14.5. The van der Waals surface area contributed by atoms with Crippen LogP contribution in [0, 0.1) is 28.6 Å². The summed E-state index contributed by atoms with van der Waals surface area (Å²) in [6.45, 7) is 3.76. The van der Waals surface area contributed by atoms with Crippen molar-refractivity contribution in [3.8, 4) is 5.75 Å². The summed E-state index contributed by atoms with van der Waals surface area (Å²) in [7, 11) is 0. The zero-order valence-electron chi connectivity index (χ0n) is 23.4. The lowest BCUT2D eigenvalue weighted by molar-refractivity contribution is -0.181. The van der Waals surface area contributed by atoms with E-state index in [4.69, 9.17) is 4.84 Å². The summed E-state index contributed by atoms with van der Waals surface area (Å²) in [6, 6.07) is 6.87. The van der Waals surface area contributed by atoms with E-state index in [9.17, 15) is 30.0 Å². The minimum Gasteiger partial charge on any atom is -0.508 e. The Bertz CT molecular complexity index is 1200. The standard InChI is InChI=1S/C31H42N2O7/c1-29-12-9-21(33-40-18-27(38)32-14-11-19-3-6-22(35)7-4-19)15-20(29)5-8-23-24-10-13-31(39,26(37)17-34)30(24,2)16-25(36)28(23)29/h3-4,6-7,15,23-25,28,34-36,39H,5,8-14,16-18H2,1-2H3,(H,32,38). The number of nitrogens with one attached hydrogen (secondary N) is 1. The molecule has 40 heavy (non-hydrogen) atoms. The predicted octanol–water partition coefficient (Wildman–Crippen LogP) is 2.65. The number of phenols is 1. The van der Waals surface area contributed by atoms with Crippen LogP contribution in [0.15, 0.2) is 41.1 Å². The molecule has 7 atom stereocenters. The van der Waals surface area contributed by atoms with Gasteiger partial charge in [-0.05, 0) is 98.3 Å². The van der Waals surface area contributed by atoms with Crippen LogP contribution >= 0.6 is 0 Å². The molecule has 1 amide bonds. The summed E-state index contributed by atoms with van der Waals surface area (Å²) in [5.74, 6) is -0.235. The Labute approximate surface area is 235 Å². The number of phenolic OH excluding ortho intramolecular Hbond substituents is 1. The fraction of sp³-hybridized carbons (Fsp3) is 0.645. The number of amides is 1. The molecular formula is C31H42N2O7. The van der Waals surface area contributed by atoms with Crippen molar-refractivity contribution < 1.29 is 34.9 Å². The topological polar surface area (TPSA) is 149 Å². The lowest BCUT2D eigenvalue weighted by Crippen LogP contribution is -2.62. The molecule has 0 radical (unpaired) electrons. The van der Waals surface area contributed by atoms with Crippen molar-refractivity contribution in [1.29, 1.82) is 0 Å². The Kier molecular flexibility index (Phi) is 7.85. The van der Waals surface area contributed by atoms with Crippen molar-refractivity contribution in [3.63, 3.8) is 0 Å². The number of aromatic hydroxyl groups is 1. The van der Waals surface area contributed by atoms with E-state index in [1.54, 1.807) is 12.1 Å². The molecule has 3 fully saturated rings. The SMILES string of the molecule is CC12CCC(=NOCC(=O)NCCc3ccc(O)cc3)C=C1CCC1C2C(O)CC2(C)C1CCC2(O)C(=O)CO. The average molecular weight is 555 g/mol. The Balaban J connectivity index is 1.20. The van der Waals surface area contributed by atoms with Gasteiger partial charge in [0.15, 0.2) is 12.4 Å². The average Bonchev–Trinajstić information content (AvgIpc) is 3.20. The van der Waals surface area contributed by atoms with E-state index in [1.165, 1.54) is 5.57 Å². The molecule has 9 nitrogen and oxygen atoms in total. The van der Waals surface area contributed by atoms with E-state index in [0.717, 1.165) is 37.0 Å². The Hall–Kier alpha value is -2.75. The highest BCUT2D eigenvalue weighted by atomic mass is 16.6. The molecule has 7 unspecified atom stereocenters. The van der Waals surface area contributed by atoms with Crippen molar-refractivity contribution in [2.75, 3.05) is 19.8 Å². The number of carbonyl (C=O) groups is 2. The van der Waals surface area contributed by atoms with E-state index in [1.807, 2.05) is 19.1 Å². The fourth-order valence-electron chi connectivity index (χ4n) is 8.60. The maximum atomic E-state index is 12.6. The molecular weight excluding hydrogens is 512 g/mol. The van der Waals surface area contributed by atoms with Gasteiger partial charge in [0.2, 0.25) is 0 Å². The van der Waals surface area contributed by atoms with Gasteiger partial charge in [-0.15, -0.1) is 0 Å². The number of hydrogen-bond donors (Lipinski definition) is 5. The van der Waals surface area contributed by atoms with E-state index in [-0.39, 0.29) is 41.4 Å². The first-order valence-electron chi connectivity index (χ1n) is 14.5. The third kappa shape index (κ3) is 4.86. The molecule has 1 aromatic carbocycles. The van der Waals surface area contributed by atoms with Gasteiger partial charge < -0.3 is 30.6 Å². The Morgan fingerprint density at radius 2 is 1.88 bits per heavy atom. The van der Waals surface area contributed by atoms with Gasteiger partial charge in [0.25, 0.3) is 5.91 Å². The second-order valence-electron chi connectivity index (χ2n) is 12.7. The number of carbonyl (C=O) groups excluding carboxylic acids is 2. The number of fused-ring (bicyclic) bond motifs is 5. The number of allylic oxidation sites excluding steroid dienone is 2. The van der Waals surface area contributed by atoms with Gasteiger partial charge in [0.05, 0.1) is 11.8 Å². The van der Waals surface area contributed by atoms with Gasteiger partial charge in [-0.3, -0.25) is 9.59 Å². The van der Waals surface area contributed by atoms with Gasteiger partial charge >= 0.3 is 0 Å². The first kappa shape index (κ1) is 28.8. The molecule has 3 saturated carbocycles. The van der Waals surface area contributed by atoms with Crippen molar-refractivity contribution >= 4 is 17.4 Å². The third-order valence-corrected chi connectivity index (χ3v) is 10.7. The molecule has 4 aliphatic carbocycles. The van der Waals surface area contributed by atoms with Crippen molar-refractivity contribution in [1.82, 2.24) is 5.32 Å². The Morgan fingerprint density at radius 1 is 1.12 bits per heavy atom. The zero-order valence-corrected chi connectivity index (χ0v) is 23.4. The number of aliphatic hydroxyl groups excluding tert-OH is 2. The molecule has 0 aromatic heterocycles. The molecule has 9 heteroatoms. The summed E-state index contributed by atoms with van der Waals surface area (Å²) in [5, 5.41) is 48.9. The molecule has 1 aromatic rings. The number of oxime groups is 1. The summed E-state index contributed by atoms with van der Waals surface area (Å²) >= 11 is 0. The van der Waals surface area contributed by atoms with Crippen LogP contribution in [0.2, 0.25) is 0 Å². The summed E-state index contributed by atoms with van der Waals surface area (Å²) in [4.78, 5) is 30.2. The molecule has 0 spiro atoms. The Morgan fingerprint density at radius 3 is 2.60 bits per heavy atom. The van der Waals surface area contributed by atoms with E-state index < -0.39 is 29.5 Å². The van der Waals surface area contributed by atoms with Crippen LogP contribution in [-0.4, -0.2) is 69.3 Å². The number of nitrogens with zero attached hydrogens (tertiary/aromatic N) is 1. The molecule has 5 rings (SSSR count). The molecule has 0 saturated heterocycles. The number of Topliss-reactive ketones (excluding diaryl/α,β-unsaturated/α-hetero) is 1. The van der Waals surface area contributed by atoms with Crippen molar-refractivity contribution in [3.05, 3.63) is 41.5 Å². The van der Waals surface area contributed by atoms with Crippen LogP contribution in [0.25, 0.3) is 0 Å². The molecule has 5 N–H and O–H groups in total. The van der Waals surface area contributed by atoms with E-state index in [0.29, 0.717) is 32.2 Å². The van der Waals surface area contributed by atoms with Gasteiger partial charge in [0.1, 0.15) is 18.0 Å². The monoisotopic (exact) mass is 554 g/mol. The van der Waals surface area contributed by atoms with Crippen molar-refractivity contribution in [2.45, 2.75) is 76.9 Å². The van der Waals surface area contributed by atoms with Crippen LogP contribution in [0.4, 0.5) is 0 Å². The van der Waals surface area contributed by atoms with Crippen LogP contribution in [-0.2, 0) is 20.8 Å². The normalized spacial score (nSPS) is 37.6. The zero-order chi connectivity index (χ0) is 28.7. The number of hydrogen-bond acceptors (Lipinski definition) is 8. The van der Waals surface area contributed by atoms with Crippen LogP contribution in [0.3, 0.4) is 0 Å². The molecule has 0 bridgehead atoms. The molecule has 218 valence electrons. The fourth-order valence-corrected chi connectivity index (χ4v) is 8.60. The predicted molar refractivity (Wildman–Crippen MR) is 148 cm³/mol. The summed E-state index contributed by atoms with van der Waals surface area (Å²) < 4.78 is 0. The second-order valence-corrected chi connectivity index (χ2v) is 12.7. The van der Waals surface area contributed by atoms with E-state index in [2.05, 4.69) is 23.5 Å². The number of aliphatic hydroxyl groups is 3. The highest BCUT2D eigenvalue weighted by Crippen LogP contribution is 2.67. The number of ketones is 1. The highest BCUT2D eigenvalue weighted by molar-refractivity contribution is 5.96. The summed E-state index contributed by atoms with van der Waals surface area (Å²) in [6.07, 6.45) is 6.66. The molecule has 0 aliphatic heterocycles. The van der Waals surface area contributed by atoms with Gasteiger partial charge in [-0.1, -0.05) is 36.7 Å². The second kappa shape index (κ2) is 10.9. The molecule has 0 heterocycles. The maximum Gasteiger partial charge on any atom is 0.260 e. The third-order valence-electron chi connectivity index (χ3n) is 10.7. The maximum absolute atomic E-state index is 12.6. The largest absolute Gasteiger partial charge is 0.508 e.